The maximum absolute atomic E-state index is 13.0. The van der Waals surface area contributed by atoms with Crippen molar-refractivity contribution in [3.8, 4) is 0 Å². The summed E-state index contributed by atoms with van der Waals surface area (Å²) in [5.41, 5.74) is 3.90. The number of hydrogen-bond donors (Lipinski definition) is 1. The van der Waals surface area contributed by atoms with Crippen LogP contribution in [0.4, 0.5) is 0 Å². The van der Waals surface area contributed by atoms with Gasteiger partial charge < -0.3 is 19.3 Å². The van der Waals surface area contributed by atoms with E-state index in [1.165, 1.54) is 4.90 Å². The molecule has 1 aliphatic rings. The Morgan fingerprint density at radius 1 is 1.35 bits per heavy atom. The van der Waals surface area contributed by atoms with E-state index >= 15 is 0 Å². The Kier molecular flexibility index (Phi) is 5.05. The van der Waals surface area contributed by atoms with Crippen LogP contribution in [0.3, 0.4) is 0 Å². The summed E-state index contributed by atoms with van der Waals surface area (Å²) >= 11 is 0. The Morgan fingerprint density at radius 2 is 2.04 bits per heavy atom. The van der Waals surface area contributed by atoms with E-state index in [-0.39, 0.29) is 11.9 Å². The summed E-state index contributed by atoms with van der Waals surface area (Å²) in [4.78, 5) is 26.0. The van der Waals surface area contributed by atoms with Gasteiger partial charge in [0.2, 0.25) is 0 Å². The van der Waals surface area contributed by atoms with E-state index in [0.717, 1.165) is 41.5 Å². The lowest BCUT2D eigenvalue weighted by Crippen LogP contribution is -2.44. The van der Waals surface area contributed by atoms with Gasteiger partial charge in [-0.15, -0.1) is 0 Å². The Balaban J connectivity index is 1.99. The first-order valence-electron chi connectivity index (χ1n) is 9.00. The number of methoxy groups -OCH3 is 1. The van der Waals surface area contributed by atoms with Crippen LogP contribution in [0.15, 0.2) is 18.2 Å². The molecule has 0 aliphatic heterocycles. The molecule has 2 aromatic rings. The highest BCUT2D eigenvalue weighted by Crippen LogP contribution is 2.32. The van der Waals surface area contributed by atoms with Crippen molar-refractivity contribution in [3.63, 3.8) is 0 Å². The number of carboxylic acid groups (broad SMARTS) is 1. The topological polar surface area (TPSA) is 71.8 Å². The Bertz CT molecular complexity index is 851. The molecule has 0 spiro atoms. The summed E-state index contributed by atoms with van der Waals surface area (Å²) in [5.74, 6) is -1.17. The molecular weight excluding hydrogens is 332 g/mol. The first-order chi connectivity index (χ1) is 12.4. The van der Waals surface area contributed by atoms with Gasteiger partial charge >= 0.3 is 5.97 Å². The monoisotopic (exact) mass is 358 g/mol. The zero-order valence-electron chi connectivity index (χ0n) is 15.8. The van der Waals surface area contributed by atoms with Gasteiger partial charge in [0.15, 0.2) is 0 Å². The lowest BCUT2D eigenvalue weighted by Gasteiger charge is -2.26. The van der Waals surface area contributed by atoms with E-state index in [1.54, 1.807) is 20.1 Å². The average molecular weight is 358 g/mol. The highest BCUT2D eigenvalue weighted by atomic mass is 16.5. The molecule has 140 valence electrons. The summed E-state index contributed by atoms with van der Waals surface area (Å²) in [6.45, 7) is 7.07. The van der Waals surface area contributed by atoms with Crippen molar-refractivity contribution in [1.29, 1.82) is 0 Å². The number of aromatic nitrogens is 1. The fourth-order valence-electron chi connectivity index (χ4n) is 3.53. The minimum absolute atomic E-state index is 0.0402. The molecule has 1 saturated carbocycles. The summed E-state index contributed by atoms with van der Waals surface area (Å²) in [7, 11) is 1.68. The molecule has 1 heterocycles. The van der Waals surface area contributed by atoms with E-state index in [1.807, 2.05) is 19.1 Å². The van der Waals surface area contributed by atoms with Gasteiger partial charge in [0.05, 0.1) is 6.61 Å². The first-order valence-corrected chi connectivity index (χ1v) is 9.00. The molecule has 1 fully saturated rings. The lowest BCUT2D eigenvalue weighted by molar-refractivity contribution is -0.141. The number of carbonyl (C=O) groups excluding carboxylic acids is 1. The molecule has 1 aromatic carbocycles. The molecule has 6 heteroatoms. The summed E-state index contributed by atoms with van der Waals surface area (Å²) in [6.07, 6.45) is 1.74. The second-order valence-corrected chi connectivity index (χ2v) is 7.04. The molecule has 1 aromatic heterocycles. The molecule has 1 atom stereocenters. The molecule has 0 radical (unpaired) electrons. The van der Waals surface area contributed by atoms with Gasteiger partial charge in [-0.3, -0.25) is 4.79 Å². The van der Waals surface area contributed by atoms with Gasteiger partial charge in [-0.25, -0.2) is 4.79 Å². The van der Waals surface area contributed by atoms with E-state index in [4.69, 9.17) is 4.74 Å². The number of amides is 1. The maximum Gasteiger partial charge on any atom is 0.326 e. The molecule has 0 saturated heterocycles. The molecule has 0 bridgehead atoms. The molecule has 6 nitrogen and oxygen atoms in total. The third-order valence-electron chi connectivity index (χ3n) is 5.35. The van der Waals surface area contributed by atoms with Crippen LogP contribution in [0.5, 0.6) is 0 Å². The number of carboxylic acids is 1. The SMILES string of the molecule is COCCn1c(C)c(C)c2cc(C(=O)N(C3CC3)C(C)C(=O)O)ccc21. The first kappa shape index (κ1) is 18.5. The number of hydrogen-bond acceptors (Lipinski definition) is 3. The van der Waals surface area contributed by atoms with Crippen LogP contribution in [0.1, 0.15) is 41.4 Å². The second-order valence-electron chi connectivity index (χ2n) is 7.04. The van der Waals surface area contributed by atoms with Crippen LogP contribution in [0, 0.1) is 13.8 Å². The van der Waals surface area contributed by atoms with Crippen molar-refractivity contribution in [3.05, 3.63) is 35.0 Å². The van der Waals surface area contributed by atoms with Crippen molar-refractivity contribution in [2.24, 2.45) is 0 Å². The third-order valence-corrected chi connectivity index (χ3v) is 5.35. The molecular formula is C20H26N2O4. The van der Waals surface area contributed by atoms with Crippen molar-refractivity contribution in [2.45, 2.75) is 52.2 Å². The van der Waals surface area contributed by atoms with E-state index < -0.39 is 12.0 Å². The van der Waals surface area contributed by atoms with Crippen molar-refractivity contribution < 1.29 is 19.4 Å². The highest BCUT2D eigenvalue weighted by molar-refractivity contribution is 6.01. The smallest absolute Gasteiger partial charge is 0.326 e. The quantitative estimate of drug-likeness (QED) is 0.826. The van der Waals surface area contributed by atoms with Crippen molar-refractivity contribution in [2.75, 3.05) is 13.7 Å². The minimum Gasteiger partial charge on any atom is -0.480 e. The Morgan fingerprint density at radius 3 is 2.62 bits per heavy atom. The van der Waals surface area contributed by atoms with Crippen LogP contribution < -0.4 is 0 Å². The third kappa shape index (κ3) is 3.21. The Labute approximate surface area is 153 Å². The van der Waals surface area contributed by atoms with Crippen LogP contribution in [0.2, 0.25) is 0 Å². The summed E-state index contributed by atoms with van der Waals surface area (Å²) in [6, 6.07) is 4.87. The zero-order chi connectivity index (χ0) is 19.0. The largest absolute Gasteiger partial charge is 0.480 e. The normalized spacial score (nSPS) is 15.2. The predicted octanol–water partition coefficient (Wildman–Crippen LogP) is 2.98. The minimum atomic E-state index is -0.968. The van der Waals surface area contributed by atoms with E-state index in [2.05, 4.69) is 11.5 Å². The van der Waals surface area contributed by atoms with Gasteiger partial charge in [0.1, 0.15) is 6.04 Å². The van der Waals surface area contributed by atoms with Gasteiger partial charge in [-0.1, -0.05) is 0 Å². The number of rotatable bonds is 7. The number of benzene rings is 1. The molecule has 1 aliphatic carbocycles. The summed E-state index contributed by atoms with van der Waals surface area (Å²) < 4.78 is 7.39. The standard InChI is InChI=1S/C20H26N2O4/c1-12-13(2)21(9-10-26-4)18-8-5-15(11-17(12)18)19(23)22(16-6-7-16)14(3)20(24)25/h5,8,11,14,16H,6-7,9-10H2,1-4H3,(H,24,25). The number of nitrogens with zero attached hydrogens (tertiary/aromatic N) is 2. The average Bonchev–Trinajstić information content (AvgIpc) is 3.42. The molecule has 1 amide bonds. The van der Waals surface area contributed by atoms with Crippen LogP contribution >= 0.6 is 0 Å². The second kappa shape index (κ2) is 7.11. The van der Waals surface area contributed by atoms with Gasteiger partial charge in [0, 0.05) is 41.9 Å². The maximum atomic E-state index is 13.0. The van der Waals surface area contributed by atoms with Gasteiger partial charge in [0.25, 0.3) is 5.91 Å². The van der Waals surface area contributed by atoms with E-state index in [0.29, 0.717) is 12.2 Å². The summed E-state index contributed by atoms with van der Waals surface area (Å²) in [5, 5.41) is 10.4. The van der Waals surface area contributed by atoms with E-state index in [9.17, 15) is 14.7 Å². The number of aryl methyl sites for hydroxylation is 1. The fraction of sp³-hybridized carbons (Fsp3) is 0.500. The zero-order valence-corrected chi connectivity index (χ0v) is 15.8. The van der Waals surface area contributed by atoms with Crippen molar-refractivity contribution >= 4 is 22.8 Å². The van der Waals surface area contributed by atoms with Crippen LogP contribution in [-0.2, 0) is 16.1 Å². The molecule has 26 heavy (non-hydrogen) atoms. The highest BCUT2D eigenvalue weighted by Gasteiger charge is 2.38. The number of aliphatic carboxylic acids is 1. The number of carbonyl (C=O) groups is 2. The van der Waals surface area contributed by atoms with Gasteiger partial charge in [-0.05, 0) is 57.4 Å². The molecule has 1 N–H and O–H groups in total. The lowest BCUT2D eigenvalue weighted by atomic mass is 10.1. The number of fused-ring (bicyclic) bond motifs is 1. The molecule has 3 rings (SSSR count). The number of ether oxygens (including phenoxy) is 1. The predicted molar refractivity (Wildman–Crippen MR) is 99.6 cm³/mol. The van der Waals surface area contributed by atoms with Crippen molar-refractivity contribution in [1.82, 2.24) is 9.47 Å². The Hall–Kier alpha value is -2.34. The van der Waals surface area contributed by atoms with Gasteiger partial charge in [-0.2, -0.15) is 0 Å². The fourth-order valence-corrected chi connectivity index (χ4v) is 3.53. The van der Waals surface area contributed by atoms with Crippen LogP contribution in [-0.4, -0.2) is 52.3 Å². The molecule has 1 unspecified atom stereocenters. The van der Waals surface area contributed by atoms with Crippen LogP contribution in [0.25, 0.3) is 10.9 Å².